The number of ether oxygens (including phenoxy) is 1. The highest BCUT2D eigenvalue weighted by molar-refractivity contribution is 5.82. The Balaban J connectivity index is 1.58. The molecule has 0 fully saturated rings. The number of aryl methyl sites for hydroxylation is 1. The molecule has 7 heteroatoms. The van der Waals surface area contributed by atoms with E-state index in [1.807, 2.05) is 43.3 Å². The summed E-state index contributed by atoms with van der Waals surface area (Å²) in [6.07, 6.45) is 2.50. The quantitative estimate of drug-likeness (QED) is 0.584. The van der Waals surface area contributed by atoms with Gasteiger partial charge in [-0.3, -0.25) is 9.58 Å². The summed E-state index contributed by atoms with van der Waals surface area (Å²) >= 11 is 0. The van der Waals surface area contributed by atoms with Crippen LogP contribution in [0.1, 0.15) is 49.4 Å². The predicted octanol–water partition coefficient (Wildman–Crippen LogP) is 4.69. The van der Waals surface area contributed by atoms with Crippen molar-refractivity contribution in [3.63, 3.8) is 0 Å². The Hall–Kier alpha value is -3.61. The van der Waals surface area contributed by atoms with E-state index in [9.17, 15) is 14.7 Å². The Labute approximate surface area is 187 Å². The summed E-state index contributed by atoms with van der Waals surface area (Å²) in [6, 6.07) is 14.6. The standard InChI is InChI=1S/C25H27N3O4/c1-4-27-14-17(13-26-27)23(24(29)30)28(16(2)3)25(31)32-15-22-20-11-7-5-9-18(20)19-10-6-8-12-21(19)22/h5-14,16,22-23H,4,15H2,1-3H3,(H,29,30). The molecule has 0 saturated carbocycles. The fraction of sp³-hybridized carbons (Fsp3) is 0.320. The number of carboxylic acid groups (broad SMARTS) is 1. The average molecular weight is 434 g/mol. The molecule has 0 radical (unpaired) electrons. The molecular formula is C25H27N3O4. The van der Waals surface area contributed by atoms with Crippen molar-refractivity contribution in [3.8, 4) is 11.1 Å². The zero-order chi connectivity index (χ0) is 22.8. The number of fused-ring (bicyclic) bond motifs is 3. The summed E-state index contributed by atoms with van der Waals surface area (Å²) in [6.45, 7) is 6.22. The molecule has 0 bridgehead atoms. The van der Waals surface area contributed by atoms with E-state index < -0.39 is 18.1 Å². The van der Waals surface area contributed by atoms with Crippen LogP contribution in [0.25, 0.3) is 11.1 Å². The highest BCUT2D eigenvalue weighted by Gasteiger charge is 2.36. The minimum Gasteiger partial charge on any atom is -0.479 e. The van der Waals surface area contributed by atoms with Gasteiger partial charge in [0.1, 0.15) is 6.61 Å². The van der Waals surface area contributed by atoms with Crippen molar-refractivity contribution in [1.29, 1.82) is 0 Å². The van der Waals surface area contributed by atoms with Gasteiger partial charge in [-0.1, -0.05) is 48.5 Å². The Morgan fingerprint density at radius 3 is 2.19 bits per heavy atom. The summed E-state index contributed by atoms with van der Waals surface area (Å²) in [5.41, 5.74) is 4.94. The minimum absolute atomic E-state index is 0.0912. The number of carbonyl (C=O) groups excluding carboxylic acids is 1. The lowest BCUT2D eigenvalue weighted by molar-refractivity contribution is -0.143. The zero-order valence-corrected chi connectivity index (χ0v) is 18.4. The molecule has 1 heterocycles. The van der Waals surface area contributed by atoms with Crippen LogP contribution in [0.2, 0.25) is 0 Å². The van der Waals surface area contributed by atoms with E-state index in [1.54, 1.807) is 24.7 Å². The molecule has 7 nitrogen and oxygen atoms in total. The lowest BCUT2D eigenvalue weighted by Gasteiger charge is -2.31. The number of amides is 1. The maximum Gasteiger partial charge on any atom is 0.411 e. The van der Waals surface area contributed by atoms with E-state index in [1.165, 1.54) is 11.1 Å². The first kappa shape index (κ1) is 21.6. The molecule has 0 saturated heterocycles. The van der Waals surface area contributed by atoms with Gasteiger partial charge >= 0.3 is 12.1 Å². The Morgan fingerprint density at radius 1 is 1.09 bits per heavy atom. The molecule has 3 aromatic rings. The van der Waals surface area contributed by atoms with Gasteiger partial charge in [-0.05, 0) is 43.0 Å². The molecule has 1 amide bonds. The molecule has 1 aromatic heterocycles. The lowest BCUT2D eigenvalue weighted by Crippen LogP contribution is -2.44. The summed E-state index contributed by atoms with van der Waals surface area (Å²) in [5.74, 6) is -1.21. The second-order valence-corrected chi connectivity index (χ2v) is 8.18. The van der Waals surface area contributed by atoms with E-state index in [0.29, 0.717) is 12.1 Å². The number of hydrogen-bond donors (Lipinski definition) is 1. The minimum atomic E-state index is -1.18. The van der Waals surface area contributed by atoms with Crippen molar-refractivity contribution < 1.29 is 19.4 Å². The SMILES string of the molecule is CCn1cc(C(C(=O)O)N(C(=O)OCC2c3ccccc3-c3ccccc32)C(C)C)cn1. The maximum atomic E-state index is 13.2. The number of aliphatic carboxylic acids is 1. The van der Waals surface area contributed by atoms with Gasteiger partial charge in [0, 0.05) is 30.3 Å². The molecule has 1 unspecified atom stereocenters. The number of benzene rings is 2. The van der Waals surface area contributed by atoms with Gasteiger partial charge in [0.05, 0.1) is 6.20 Å². The van der Waals surface area contributed by atoms with Crippen LogP contribution < -0.4 is 0 Å². The van der Waals surface area contributed by atoms with Crippen LogP contribution in [-0.4, -0.2) is 44.5 Å². The van der Waals surface area contributed by atoms with Gasteiger partial charge < -0.3 is 9.84 Å². The molecule has 0 aliphatic heterocycles. The van der Waals surface area contributed by atoms with E-state index in [4.69, 9.17) is 4.74 Å². The number of carboxylic acids is 1. The second-order valence-electron chi connectivity index (χ2n) is 8.18. The molecule has 4 rings (SSSR count). The van der Waals surface area contributed by atoms with Gasteiger partial charge in [-0.25, -0.2) is 9.59 Å². The van der Waals surface area contributed by atoms with Crippen LogP contribution in [0.15, 0.2) is 60.9 Å². The third-order valence-corrected chi connectivity index (χ3v) is 5.91. The van der Waals surface area contributed by atoms with Crippen molar-refractivity contribution in [2.45, 2.75) is 45.3 Å². The topological polar surface area (TPSA) is 84.7 Å². The Morgan fingerprint density at radius 2 is 1.69 bits per heavy atom. The smallest absolute Gasteiger partial charge is 0.411 e. The van der Waals surface area contributed by atoms with Gasteiger partial charge in [-0.15, -0.1) is 0 Å². The van der Waals surface area contributed by atoms with Crippen LogP contribution in [0.5, 0.6) is 0 Å². The predicted molar refractivity (Wildman–Crippen MR) is 120 cm³/mol. The first-order valence-electron chi connectivity index (χ1n) is 10.8. The second kappa shape index (κ2) is 8.86. The molecule has 1 atom stereocenters. The van der Waals surface area contributed by atoms with Crippen LogP contribution in [0.4, 0.5) is 4.79 Å². The number of nitrogens with zero attached hydrogens (tertiary/aromatic N) is 3. The third-order valence-electron chi connectivity index (χ3n) is 5.91. The van der Waals surface area contributed by atoms with Crippen molar-refractivity contribution in [2.75, 3.05) is 6.61 Å². The number of hydrogen-bond acceptors (Lipinski definition) is 4. The molecule has 166 valence electrons. The molecule has 32 heavy (non-hydrogen) atoms. The molecule has 1 N–H and O–H groups in total. The monoisotopic (exact) mass is 433 g/mol. The highest BCUT2D eigenvalue weighted by Crippen LogP contribution is 2.44. The molecule has 1 aliphatic rings. The highest BCUT2D eigenvalue weighted by atomic mass is 16.6. The van der Waals surface area contributed by atoms with Crippen molar-refractivity contribution in [3.05, 3.63) is 77.6 Å². The fourth-order valence-corrected chi connectivity index (χ4v) is 4.40. The number of aromatic nitrogens is 2. The summed E-state index contributed by atoms with van der Waals surface area (Å²) < 4.78 is 7.39. The van der Waals surface area contributed by atoms with Crippen molar-refractivity contribution in [2.24, 2.45) is 0 Å². The van der Waals surface area contributed by atoms with Gasteiger partial charge in [-0.2, -0.15) is 5.10 Å². The number of rotatable bonds is 7. The van der Waals surface area contributed by atoms with Gasteiger partial charge in [0.2, 0.25) is 0 Å². The Bertz CT molecular complexity index is 1090. The largest absolute Gasteiger partial charge is 0.479 e. The number of carbonyl (C=O) groups is 2. The molecule has 1 aliphatic carbocycles. The van der Waals surface area contributed by atoms with Crippen LogP contribution >= 0.6 is 0 Å². The third kappa shape index (κ3) is 3.86. The summed E-state index contributed by atoms with van der Waals surface area (Å²) in [4.78, 5) is 26.6. The van der Waals surface area contributed by atoms with Gasteiger partial charge in [0.25, 0.3) is 0 Å². The maximum absolute atomic E-state index is 13.2. The van der Waals surface area contributed by atoms with Crippen LogP contribution in [0.3, 0.4) is 0 Å². The Kier molecular flexibility index (Phi) is 5.99. The van der Waals surface area contributed by atoms with Gasteiger partial charge in [0.15, 0.2) is 6.04 Å². The average Bonchev–Trinajstić information content (AvgIpc) is 3.38. The molecular weight excluding hydrogens is 406 g/mol. The normalized spacial score (nSPS) is 13.5. The molecule has 0 spiro atoms. The summed E-state index contributed by atoms with van der Waals surface area (Å²) in [7, 11) is 0. The van der Waals surface area contributed by atoms with E-state index in [-0.39, 0.29) is 18.6 Å². The first-order chi connectivity index (χ1) is 15.4. The van der Waals surface area contributed by atoms with Crippen LogP contribution in [0, 0.1) is 0 Å². The van der Waals surface area contributed by atoms with Crippen molar-refractivity contribution >= 4 is 12.1 Å². The van der Waals surface area contributed by atoms with E-state index >= 15 is 0 Å². The first-order valence-corrected chi connectivity index (χ1v) is 10.8. The van der Waals surface area contributed by atoms with E-state index in [2.05, 4.69) is 17.2 Å². The zero-order valence-electron chi connectivity index (χ0n) is 18.4. The van der Waals surface area contributed by atoms with Crippen LogP contribution in [-0.2, 0) is 16.1 Å². The summed E-state index contributed by atoms with van der Waals surface area (Å²) in [5, 5.41) is 14.1. The fourth-order valence-electron chi connectivity index (χ4n) is 4.40. The lowest BCUT2D eigenvalue weighted by atomic mass is 9.98. The molecule has 2 aromatic carbocycles. The van der Waals surface area contributed by atoms with E-state index in [0.717, 1.165) is 22.3 Å². The van der Waals surface area contributed by atoms with Crippen molar-refractivity contribution in [1.82, 2.24) is 14.7 Å².